The maximum Gasteiger partial charge on any atom is 0.410 e. The van der Waals surface area contributed by atoms with Gasteiger partial charge in [-0.2, -0.15) is 0 Å². The minimum atomic E-state index is -0.488. The van der Waals surface area contributed by atoms with Crippen molar-refractivity contribution >= 4 is 38.0 Å². The van der Waals surface area contributed by atoms with Crippen molar-refractivity contribution in [1.29, 1.82) is 0 Å². The van der Waals surface area contributed by atoms with Crippen LogP contribution in [-0.2, 0) is 4.74 Å². The second-order valence-corrected chi connectivity index (χ2v) is 10.4. The molecule has 0 aliphatic carbocycles. The summed E-state index contributed by atoms with van der Waals surface area (Å²) in [6, 6.07) is 16.3. The fraction of sp³-hybridized carbons (Fsp3) is 0.435. The van der Waals surface area contributed by atoms with Crippen LogP contribution in [0.4, 0.5) is 4.79 Å². The van der Waals surface area contributed by atoms with E-state index in [1.54, 1.807) is 4.90 Å². The third-order valence-electron chi connectivity index (χ3n) is 5.17. The molecule has 1 amide bonds. The van der Waals surface area contributed by atoms with Crippen LogP contribution in [-0.4, -0.2) is 47.7 Å². The smallest absolute Gasteiger partial charge is 0.410 e. The van der Waals surface area contributed by atoms with Crippen molar-refractivity contribution in [3.63, 3.8) is 0 Å². The molecule has 162 valence electrons. The molecule has 1 saturated heterocycles. The van der Waals surface area contributed by atoms with E-state index in [2.05, 4.69) is 61.0 Å². The maximum absolute atomic E-state index is 12.4. The van der Waals surface area contributed by atoms with Crippen LogP contribution in [0.1, 0.15) is 44.0 Å². The average molecular weight is 539 g/mol. The molecular formula is C23H29Br2N3O2. The van der Waals surface area contributed by atoms with E-state index in [1.165, 1.54) is 5.56 Å². The molecule has 5 nitrogen and oxygen atoms in total. The molecule has 0 bridgehead atoms. The summed E-state index contributed by atoms with van der Waals surface area (Å²) >= 11 is 7.02. The van der Waals surface area contributed by atoms with E-state index < -0.39 is 5.60 Å². The van der Waals surface area contributed by atoms with Gasteiger partial charge in [0.15, 0.2) is 0 Å². The van der Waals surface area contributed by atoms with Crippen molar-refractivity contribution < 1.29 is 9.53 Å². The summed E-state index contributed by atoms with van der Waals surface area (Å²) in [4.78, 5) is 16.6. The molecule has 1 fully saturated rings. The minimum absolute atomic E-state index is 0.0139. The molecule has 2 aromatic rings. The molecule has 1 heterocycles. The lowest BCUT2D eigenvalue weighted by atomic mass is 9.92. The Hall–Kier alpha value is -1.41. The zero-order chi connectivity index (χ0) is 21.9. The van der Waals surface area contributed by atoms with Gasteiger partial charge in [-0.3, -0.25) is 4.90 Å². The molecule has 1 aliphatic rings. The summed E-state index contributed by atoms with van der Waals surface area (Å²) < 4.78 is 7.60. The van der Waals surface area contributed by atoms with E-state index in [1.807, 2.05) is 45.0 Å². The van der Waals surface area contributed by atoms with Gasteiger partial charge in [0.2, 0.25) is 0 Å². The normalized spacial score (nSPS) is 17.5. The number of ether oxygens (including phenoxy) is 1. The number of carbonyl (C=O) groups excluding carboxylic acids is 1. The summed E-state index contributed by atoms with van der Waals surface area (Å²) in [7, 11) is 0. The van der Waals surface area contributed by atoms with Gasteiger partial charge in [0.05, 0.1) is 6.04 Å². The first-order valence-corrected chi connectivity index (χ1v) is 11.7. The lowest BCUT2D eigenvalue weighted by molar-refractivity contribution is 0.00872. The van der Waals surface area contributed by atoms with Crippen LogP contribution in [0.3, 0.4) is 0 Å². The van der Waals surface area contributed by atoms with Crippen molar-refractivity contribution in [1.82, 2.24) is 9.80 Å². The summed E-state index contributed by atoms with van der Waals surface area (Å²) in [6.45, 7) is 8.39. The topological polar surface area (TPSA) is 58.8 Å². The predicted molar refractivity (Wildman–Crippen MR) is 127 cm³/mol. The summed E-state index contributed by atoms with van der Waals surface area (Å²) in [5.41, 5.74) is 8.56. The number of piperazine rings is 1. The van der Waals surface area contributed by atoms with Gasteiger partial charge in [-0.15, -0.1) is 0 Å². The van der Waals surface area contributed by atoms with E-state index in [0.717, 1.165) is 27.6 Å². The van der Waals surface area contributed by atoms with Crippen molar-refractivity contribution in [2.45, 2.75) is 38.5 Å². The van der Waals surface area contributed by atoms with E-state index in [4.69, 9.17) is 10.5 Å². The number of amides is 1. The molecule has 0 aromatic heterocycles. The maximum atomic E-state index is 12.4. The third kappa shape index (κ3) is 6.06. The molecule has 2 aromatic carbocycles. The molecule has 2 atom stereocenters. The number of benzene rings is 2. The van der Waals surface area contributed by atoms with Gasteiger partial charge in [0.25, 0.3) is 0 Å². The van der Waals surface area contributed by atoms with Crippen LogP contribution in [0, 0.1) is 0 Å². The molecule has 3 rings (SSSR count). The van der Waals surface area contributed by atoms with Crippen molar-refractivity contribution in [2.75, 3.05) is 26.2 Å². The Kier molecular flexibility index (Phi) is 7.61. The highest BCUT2D eigenvalue weighted by Gasteiger charge is 2.33. The highest BCUT2D eigenvalue weighted by molar-refractivity contribution is 9.10. The highest BCUT2D eigenvalue weighted by Crippen LogP contribution is 2.34. The predicted octanol–water partition coefficient (Wildman–Crippen LogP) is 5.51. The number of nitrogens with two attached hydrogens (primary N) is 1. The fourth-order valence-electron chi connectivity index (χ4n) is 3.68. The SMILES string of the molecule is CC(C)(C)OC(=O)N1CCN([C@H](c2ccc(Br)cc2)[C@@H](N)c2ccc(Br)cc2)CC1. The summed E-state index contributed by atoms with van der Waals surface area (Å²) in [6.07, 6.45) is -0.250. The van der Waals surface area contributed by atoms with Gasteiger partial charge in [-0.25, -0.2) is 4.79 Å². The number of rotatable bonds is 4. The molecule has 30 heavy (non-hydrogen) atoms. The van der Waals surface area contributed by atoms with E-state index in [9.17, 15) is 4.79 Å². The van der Waals surface area contributed by atoms with E-state index in [-0.39, 0.29) is 18.2 Å². The first-order valence-electron chi connectivity index (χ1n) is 10.1. The average Bonchev–Trinajstić information content (AvgIpc) is 2.69. The third-order valence-corrected chi connectivity index (χ3v) is 6.22. The van der Waals surface area contributed by atoms with Crippen molar-refractivity contribution in [3.05, 3.63) is 68.6 Å². The number of nitrogens with zero attached hydrogens (tertiary/aromatic N) is 2. The first-order chi connectivity index (χ1) is 14.1. The van der Waals surface area contributed by atoms with Crippen LogP contribution in [0.2, 0.25) is 0 Å². The van der Waals surface area contributed by atoms with Gasteiger partial charge < -0.3 is 15.4 Å². The molecule has 1 aliphatic heterocycles. The van der Waals surface area contributed by atoms with Gasteiger partial charge >= 0.3 is 6.09 Å². The van der Waals surface area contributed by atoms with Gasteiger partial charge in [-0.1, -0.05) is 56.1 Å². The largest absolute Gasteiger partial charge is 0.444 e. The zero-order valence-corrected chi connectivity index (χ0v) is 20.8. The fourth-order valence-corrected chi connectivity index (χ4v) is 4.21. The lowest BCUT2D eigenvalue weighted by Crippen LogP contribution is -2.52. The Bertz CT molecular complexity index is 842. The molecular weight excluding hydrogens is 510 g/mol. The number of hydrogen-bond acceptors (Lipinski definition) is 4. The number of hydrogen-bond donors (Lipinski definition) is 1. The van der Waals surface area contributed by atoms with Gasteiger partial charge in [0, 0.05) is 41.2 Å². The molecule has 0 saturated carbocycles. The lowest BCUT2D eigenvalue weighted by Gasteiger charge is -2.42. The standard InChI is InChI=1S/C23H29Br2N3O2/c1-23(2,3)30-22(29)28-14-12-27(13-15-28)21(17-6-10-19(25)11-7-17)20(26)16-4-8-18(24)9-5-16/h4-11,20-21H,12-15,26H2,1-3H3/t20-,21+/m0/s1. The van der Waals surface area contributed by atoms with Gasteiger partial charge in [0.1, 0.15) is 5.60 Å². The van der Waals surface area contributed by atoms with Gasteiger partial charge in [-0.05, 0) is 56.2 Å². The Morgan fingerprint density at radius 3 is 1.83 bits per heavy atom. The van der Waals surface area contributed by atoms with Crippen LogP contribution < -0.4 is 5.73 Å². The quantitative estimate of drug-likeness (QED) is 0.558. The molecule has 0 unspecified atom stereocenters. The zero-order valence-electron chi connectivity index (χ0n) is 17.6. The highest BCUT2D eigenvalue weighted by atomic mass is 79.9. The Morgan fingerprint density at radius 1 is 0.900 bits per heavy atom. The summed E-state index contributed by atoms with van der Waals surface area (Å²) in [5, 5.41) is 0. The molecule has 0 spiro atoms. The Balaban J connectivity index is 1.79. The van der Waals surface area contributed by atoms with E-state index in [0.29, 0.717) is 13.1 Å². The second kappa shape index (κ2) is 9.81. The van der Waals surface area contributed by atoms with Crippen LogP contribution in [0.15, 0.2) is 57.5 Å². The Morgan fingerprint density at radius 2 is 1.37 bits per heavy atom. The van der Waals surface area contributed by atoms with Crippen molar-refractivity contribution in [2.24, 2.45) is 5.73 Å². The number of halogens is 2. The molecule has 2 N–H and O–H groups in total. The molecule has 0 radical (unpaired) electrons. The van der Waals surface area contributed by atoms with Crippen LogP contribution in [0.25, 0.3) is 0 Å². The minimum Gasteiger partial charge on any atom is -0.444 e. The summed E-state index contributed by atoms with van der Waals surface area (Å²) in [5.74, 6) is 0. The van der Waals surface area contributed by atoms with Crippen molar-refractivity contribution in [3.8, 4) is 0 Å². The Labute approximate surface area is 195 Å². The first kappa shape index (κ1) is 23.3. The molecule has 7 heteroatoms. The monoisotopic (exact) mass is 537 g/mol. The van der Waals surface area contributed by atoms with Crippen LogP contribution >= 0.6 is 31.9 Å². The van der Waals surface area contributed by atoms with E-state index >= 15 is 0 Å². The second-order valence-electron chi connectivity index (χ2n) is 8.58. The number of carbonyl (C=O) groups is 1. The van der Waals surface area contributed by atoms with Crippen LogP contribution in [0.5, 0.6) is 0 Å².